The Kier molecular flexibility index (Phi) is 4.61. The predicted molar refractivity (Wildman–Crippen MR) is 67.5 cm³/mol. The van der Waals surface area contributed by atoms with E-state index in [1.807, 2.05) is 0 Å². The SMILES string of the molecule is CC(C)C(Oc1ccc(S)cc1C(=O)O)C(=O)O. The molecule has 0 aliphatic heterocycles. The first-order valence-corrected chi connectivity index (χ1v) is 5.73. The maximum atomic E-state index is 11.0. The van der Waals surface area contributed by atoms with Crippen LogP contribution in [0.25, 0.3) is 0 Å². The van der Waals surface area contributed by atoms with Crippen LogP contribution in [0.15, 0.2) is 23.1 Å². The van der Waals surface area contributed by atoms with Crippen LogP contribution in [0.1, 0.15) is 24.2 Å². The van der Waals surface area contributed by atoms with Gasteiger partial charge in [0.15, 0.2) is 6.10 Å². The Balaban J connectivity index is 3.10. The molecule has 0 saturated heterocycles. The summed E-state index contributed by atoms with van der Waals surface area (Å²) in [5.41, 5.74) is -0.102. The fraction of sp³-hybridized carbons (Fsp3) is 0.333. The zero-order valence-corrected chi connectivity index (χ0v) is 10.8. The van der Waals surface area contributed by atoms with Gasteiger partial charge >= 0.3 is 11.9 Å². The highest BCUT2D eigenvalue weighted by Gasteiger charge is 2.25. The molecule has 98 valence electrons. The summed E-state index contributed by atoms with van der Waals surface area (Å²) in [6.45, 7) is 3.37. The molecule has 0 aliphatic rings. The zero-order valence-electron chi connectivity index (χ0n) is 9.95. The molecule has 0 amide bonds. The van der Waals surface area contributed by atoms with E-state index in [2.05, 4.69) is 12.6 Å². The van der Waals surface area contributed by atoms with Gasteiger partial charge < -0.3 is 14.9 Å². The summed E-state index contributed by atoms with van der Waals surface area (Å²) in [5.74, 6) is -2.56. The second-order valence-corrected chi connectivity index (χ2v) is 4.62. The van der Waals surface area contributed by atoms with Crippen LogP contribution in [0.5, 0.6) is 5.75 Å². The maximum Gasteiger partial charge on any atom is 0.345 e. The number of rotatable bonds is 5. The maximum absolute atomic E-state index is 11.0. The number of carboxylic acids is 2. The average molecular weight is 270 g/mol. The number of ether oxygens (including phenoxy) is 1. The third-order valence-corrected chi connectivity index (χ3v) is 2.57. The first kappa shape index (κ1) is 14.4. The van der Waals surface area contributed by atoms with E-state index in [-0.39, 0.29) is 17.2 Å². The van der Waals surface area contributed by atoms with Gasteiger partial charge in [-0.2, -0.15) is 0 Å². The van der Waals surface area contributed by atoms with E-state index in [1.165, 1.54) is 12.1 Å². The van der Waals surface area contributed by atoms with Crippen molar-refractivity contribution < 1.29 is 24.5 Å². The molecule has 6 heteroatoms. The molecule has 1 atom stereocenters. The van der Waals surface area contributed by atoms with E-state index >= 15 is 0 Å². The molecule has 2 N–H and O–H groups in total. The zero-order chi connectivity index (χ0) is 13.9. The summed E-state index contributed by atoms with van der Waals surface area (Å²) in [6.07, 6.45) is -1.09. The van der Waals surface area contributed by atoms with Crippen molar-refractivity contribution >= 4 is 24.6 Å². The predicted octanol–water partition coefficient (Wildman–Crippen LogP) is 2.16. The highest BCUT2D eigenvalue weighted by atomic mass is 32.1. The molecule has 18 heavy (non-hydrogen) atoms. The summed E-state index contributed by atoms with van der Waals surface area (Å²) in [7, 11) is 0. The standard InChI is InChI=1S/C12H14O5S/c1-6(2)10(12(15)16)17-9-4-3-7(18)5-8(9)11(13)14/h3-6,10,18H,1-2H3,(H,13,14)(H,15,16). The van der Waals surface area contributed by atoms with E-state index in [0.29, 0.717) is 4.90 Å². The fourth-order valence-corrected chi connectivity index (χ4v) is 1.60. The number of aromatic carboxylic acids is 1. The van der Waals surface area contributed by atoms with Crippen molar-refractivity contribution in [2.45, 2.75) is 24.8 Å². The van der Waals surface area contributed by atoms with Gasteiger partial charge in [-0.25, -0.2) is 9.59 Å². The molecule has 0 bridgehead atoms. The van der Waals surface area contributed by atoms with Crippen molar-refractivity contribution in [3.8, 4) is 5.75 Å². The fourth-order valence-electron chi connectivity index (χ4n) is 1.40. The Morgan fingerprint density at radius 3 is 2.33 bits per heavy atom. The molecule has 0 heterocycles. The van der Waals surface area contributed by atoms with E-state index in [0.717, 1.165) is 0 Å². The van der Waals surface area contributed by atoms with Crippen molar-refractivity contribution in [1.82, 2.24) is 0 Å². The van der Waals surface area contributed by atoms with Crippen LogP contribution in [-0.2, 0) is 4.79 Å². The largest absolute Gasteiger partial charge is 0.478 e. The molecule has 1 rings (SSSR count). The van der Waals surface area contributed by atoms with Crippen molar-refractivity contribution in [3.63, 3.8) is 0 Å². The topological polar surface area (TPSA) is 83.8 Å². The minimum Gasteiger partial charge on any atom is -0.478 e. The van der Waals surface area contributed by atoms with Crippen LogP contribution in [0.2, 0.25) is 0 Å². The van der Waals surface area contributed by atoms with Crippen LogP contribution >= 0.6 is 12.6 Å². The Hall–Kier alpha value is -1.69. The monoisotopic (exact) mass is 270 g/mol. The molecular formula is C12H14O5S. The van der Waals surface area contributed by atoms with Crippen LogP contribution in [-0.4, -0.2) is 28.3 Å². The Bertz CT molecular complexity index is 470. The molecule has 0 fully saturated rings. The summed E-state index contributed by atoms with van der Waals surface area (Å²) < 4.78 is 5.27. The molecule has 1 aromatic rings. The number of hydrogen-bond acceptors (Lipinski definition) is 4. The van der Waals surface area contributed by atoms with Crippen LogP contribution in [0.4, 0.5) is 0 Å². The van der Waals surface area contributed by atoms with E-state index in [4.69, 9.17) is 14.9 Å². The Morgan fingerprint density at radius 1 is 1.28 bits per heavy atom. The number of carbonyl (C=O) groups is 2. The second-order valence-electron chi connectivity index (χ2n) is 4.11. The Morgan fingerprint density at radius 2 is 1.89 bits per heavy atom. The van der Waals surface area contributed by atoms with Gasteiger partial charge in [0.1, 0.15) is 11.3 Å². The smallest absolute Gasteiger partial charge is 0.345 e. The van der Waals surface area contributed by atoms with Crippen molar-refractivity contribution in [2.24, 2.45) is 5.92 Å². The van der Waals surface area contributed by atoms with E-state index in [1.54, 1.807) is 19.9 Å². The minimum atomic E-state index is -1.19. The van der Waals surface area contributed by atoms with E-state index in [9.17, 15) is 9.59 Å². The first-order valence-electron chi connectivity index (χ1n) is 5.28. The second kappa shape index (κ2) is 5.77. The summed E-state index contributed by atoms with van der Waals surface area (Å²) in [6, 6.07) is 4.27. The normalized spacial score (nSPS) is 12.2. The molecule has 5 nitrogen and oxygen atoms in total. The lowest BCUT2D eigenvalue weighted by atomic mass is 10.1. The average Bonchev–Trinajstić information content (AvgIpc) is 2.25. The first-order chi connectivity index (χ1) is 8.32. The molecule has 0 radical (unpaired) electrons. The van der Waals surface area contributed by atoms with Gasteiger partial charge in [-0.05, 0) is 18.2 Å². The third kappa shape index (κ3) is 3.40. The van der Waals surface area contributed by atoms with Gasteiger partial charge in [-0.1, -0.05) is 13.8 Å². The Labute approximate surface area is 110 Å². The van der Waals surface area contributed by atoms with Crippen LogP contribution < -0.4 is 4.74 Å². The van der Waals surface area contributed by atoms with Gasteiger partial charge in [-0.3, -0.25) is 0 Å². The number of benzene rings is 1. The van der Waals surface area contributed by atoms with Crippen molar-refractivity contribution in [2.75, 3.05) is 0 Å². The summed E-state index contributed by atoms with van der Waals surface area (Å²) in [5, 5.41) is 18.0. The summed E-state index contributed by atoms with van der Waals surface area (Å²) in [4.78, 5) is 22.5. The minimum absolute atomic E-state index is 0.0291. The van der Waals surface area contributed by atoms with Crippen molar-refractivity contribution in [3.05, 3.63) is 23.8 Å². The lowest BCUT2D eigenvalue weighted by Gasteiger charge is -2.19. The molecule has 0 aromatic heterocycles. The number of carboxylic acid groups (broad SMARTS) is 2. The number of thiol groups is 1. The molecule has 1 aromatic carbocycles. The molecule has 1 unspecified atom stereocenters. The van der Waals surface area contributed by atoms with Gasteiger partial charge in [0.05, 0.1) is 0 Å². The van der Waals surface area contributed by atoms with Gasteiger partial charge in [-0.15, -0.1) is 12.6 Å². The molecular weight excluding hydrogens is 256 g/mol. The van der Waals surface area contributed by atoms with E-state index < -0.39 is 18.0 Å². The summed E-state index contributed by atoms with van der Waals surface area (Å²) >= 11 is 4.03. The molecule has 0 spiro atoms. The molecule has 0 aliphatic carbocycles. The molecule has 0 saturated carbocycles. The number of aliphatic carboxylic acids is 1. The number of hydrogen-bond donors (Lipinski definition) is 3. The van der Waals surface area contributed by atoms with Gasteiger partial charge in [0, 0.05) is 10.8 Å². The van der Waals surface area contributed by atoms with Gasteiger partial charge in [0.2, 0.25) is 0 Å². The highest BCUT2D eigenvalue weighted by molar-refractivity contribution is 7.80. The highest BCUT2D eigenvalue weighted by Crippen LogP contribution is 2.24. The quantitative estimate of drug-likeness (QED) is 0.714. The lowest BCUT2D eigenvalue weighted by molar-refractivity contribution is -0.147. The van der Waals surface area contributed by atoms with Crippen LogP contribution in [0, 0.1) is 5.92 Å². The lowest BCUT2D eigenvalue weighted by Crippen LogP contribution is -2.32. The third-order valence-electron chi connectivity index (χ3n) is 2.30. The van der Waals surface area contributed by atoms with Gasteiger partial charge in [0.25, 0.3) is 0 Å². The van der Waals surface area contributed by atoms with Crippen molar-refractivity contribution in [1.29, 1.82) is 0 Å². The van der Waals surface area contributed by atoms with Crippen LogP contribution in [0.3, 0.4) is 0 Å².